The van der Waals surface area contributed by atoms with Gasteiger partial charge in [0, 0.05) is 6.20 Å². The smallest absolute Gasteiger partial charge is 0.326 e. The minimum absolute atomic E-state index is 0.146. The molecule has 2 aromatic heterocycles. The highest BCUT2D eigenvalue weighted by molar-refractivity contribution is 5.96. The van der Waals surface area contributed by atoms with Crippen LogP contribution in [0.25, 0.3) is 5.65 Å². The van der Waals surface area contributed by atoms with Crippen LogP contribution in [-0.2, 0) is 4.79 Å². The largest absolute Gasteiger partial charge is 0.480 e. The number of carbonyl (C=O) groups is 2. The van der Waals surface area contributed by atoms with Crippen LogP contribution in [0.2, 0.25) is 0 Å². The lowest BCUT2D eigenvalue weighted by atomic mass is 9.99. The number of hydrogen-bond acceptors (Lipinski definition) is 4. The molecule has 112 valence electrons. The molecule has 7 nitrogen and oxygen atoms in total. The second kappa shape index (κ2) is 5.90. The van der Waals surface area contributed by atoms with Gasteiger partial charge in [0.25, 0.3) is 5.91 Å². The molecule has 2 N–H and O–H groups in total. The molecule has 2 atom stereocenters. The molecule has 0 aliphatic rings. The minimum Gasteiger partial charge on any atom is -0.480 e. The van der Waals surface area contributed by atoms with Crippen molar-refractivity contribution in [1.29, 1.82) is 0 Å². The maximum atomic E-state index is 12.2. The summed E-state index contributed by atoms with van der Waals surface area (Å²) in [7, 11) is 0. The maximum absolute atomic E-state index is 12.2. The summed E-state index contributed by atoms with van der Waals surface area (Å²) in [6.07, 6.45) is 2.27. The number of pyridine rings is 1. The zero-order valence-electron chi connectivity index (χ0n) is 12.2. The summed E-state index contributed by atoms with van der Waals surface area (Å²) in [5.74, 6) is -0.930. The van der Waals surface area contributed by atoms with Gasteiger partial charge in [-0.15, -0.1) is 10.2 Å². The molecule has 0 fully saturated rings. The van der Waals surface area contributed by atoms with E-state index < -0.39 is 17.9 Å². The summed E-state index contributed by atoms with van der Waals surface area (Å²) in [6.45, 7) is 5.46. The Morgan fingerprint density at radius 2 is 2.10 bits per heavy atom. The molecule has 2 unspecified atom stereocenters. The standard InChI is InChI=1S/C14H18N4O3/c1-4-8(2)12(14(20)21)15-13(19)10-5-6-11-17-16-9(3)18(11)7-10/h5-8,12H,4H2,1-3H3,(H,15,19)(H,20,21). The average molecular weight is 290 g/mol. The number of nitrogens with zero attached hydrogens (tertiary/aromatic N) is 3. The molecular weight excluding hydrogens is 272 g/mol. The molecule has 0 saturated carbocycles. The highest BCUT2D eigenvalue weighted by atomic mass is 16.4. The van der Waals surface area contributed by atoms with Crippen molar-refractivity contribution in [2.75, 3.05) is 0 Å². The zero-order valence-corrected chi connectivity index (χ0v) is 12.2. The van der Waals surface area contributed by atoms with Gasteiger partial charge in [-0.25, -0.2) is 4.79 Å². The molecule has 0 radical (unpaired) electrons. The number of aromatic nitrogens is 3. The van der Waals surface area contributed by atoms with Crippen LogP contribution >= 0.6 is 0 Å². The zero-order chi connectivity index (χ0) is 15.6. The van der Waals surface area contributed by atoms with Crippen LogP contribution in [-0.4, -0.2) is 37.6 Å². The number of carbonyl (C=O) groups excluding carboxylic acids is 1. The van der Waals surface area contributed by atoms with Crippen molar-refractivity contribution >= 4 is 17.5 Å². The molecular formula is C14H18N4O3. The summed E-state index contributed by atoms with van der Waals surface area (Å²) < 4.78 is 1.69. The third-order valence-corrected chi connectivity index (χ3v) is 3.60. The fourth-order valence-electron chi connectivity index (χ4n) is 2.05. The van der Waals surface area contributed by atoms with E-state index in [4.69, 9.17) is 0 Å². The molecule has 7 heteroatoms. The Bertz CT molecular complexity index is 680. The van der Waals surface area contributed by atoms with Gasteiger partial charge < -0.3 is 10.4 Å². The van der Waals surface area contributed by atoms with Crippen molar-refractivity contribution in [3.63, 3.8) is 0 Å². The quantitative estimate of drug-likeness (QED) is 0.864. The van der Waals surface area contributed by atoms with E-state index in [1.54, 1.807) is 36.6 Å². The van der Waals surface area contributed by atoms with E-state index in [0.29, 0.717) is 23.5 Å². The van der Waals surface area contributed by atoms with Gasteiger partial charge >= 0.3 is 5.97 Å². The van der Waals surface area contributed by atoms with E-state index in [0.717, 1.165) is 0 Å². The van der Waals surface area contributed by atoms with Crippen molar-refractivity contribution in [3.8, 4) is 0 Å². The first-order valence-corrected chi connectivity index (χ1v) is 6.79. The number of carboxylic acid groups (broad SMARTS) is 1. The van der Waals surface area contributed by atoms with Gasteiger partial charge in [-0.1, -0.05) is 20.3 Å². The predicted molar refractivity (Wildman–Crippen MR) is 76.1 cm³/mol. The van der Waals surface area contributed by atoms with E-state index in [2.05, 4.69) is 15.5 Å². The lowest BCUT2D eigenvalue weighted by Crippen LogP contribution is -2.45. The number of carboxylic acids is 1. The van der Waals surface area contributed by atoms with Crippen molar-refractivity contribution < 1.29 is 14.7 Å². The molecule has 0 aliphatic carbocycles. The Kier molecular flexibility index (Phi) is 4.21. The Labute approximate surface area is 122 Å². The average Bonchev–Trinajstić information content (AvgIpc) is 2.84. The van der Waals surface area contributed by atoms with Crippen LogP contribution in [0.5, 0.6) is 0 Å². The van der Waals surface area contributed by atoms with Crippen molar-refractivity contribution in [1.82, 2.24) is 19.9 Å². The van der Waals surface area contributed by atoms with Gasteiger partial charge in [-0.3, -0.25) is 9.20 Å². The lowest BCUT2D eigenvalue weighted by Gasteiger charge is -2.20. The second-order valence-corrected chi connectivity index (χ2v) is 5.07. The van der Waals surface area contributed by atoms with Crippen LogP contribution in [0.4, 0.5) is 0 Å². The van der Waals surface area contributed by atoms with Gasteiger partial charge in [0.2, 0.25) is 0 Å². The van der Waals surface area contributed by atoms with Crippen LogP contribution in [0.1, 0.15) is 36.5 Å². The molecule has 1 amide bonds. The molecule has 0 aliphatic heterocycles. The van der Waals surface area contributed by atoms with Crippen molar-refractivity contribution in [2.45, 2.75) is 33.2 Å². The molecule has 0 spiro atoms. The Morgan fingerprint density at radius 1 is 1.38 bits per heavy atom. The molecule has 21 heavy (non-hydrogen) atoms. The van der Waals surface area contributed by atoms with Crippen LogP contribution in [0.15, 0.2) is 18.3 Å². The first-order valence-electron chi connectivity index (χ1n) is 6.79. The number of aliphatic carboxylic acids is 1. The van der Waals surface area contributed by atoms with Crippen LogP contribution in [0, 0.1) is 12.8 Å². The van der Waals surface area contributed by atoms with Crippen molar-refractivity contribution in [2.24, 2.45) is 5.92 Å². The molecule has 0 bridgehead atoms. The Balaban J connectivity index is 2.24. The normalized spacial score (nSPS) is 13.9. The molecule has 0 saturated heterocycles. The van der Waals surface area contributed by atoms with Gasteiger partial charge in [0.1, 0.15) is 11.9 Å². The summed E-state index contributed by atoms with van der Waals surface area (Å²) in [6, 6.07) is 2.38. The number of rotatable bonds is 5. The van der Waals surface area contributed by atoms with E-state index in [1.807, 2.05) is 6.92 Å². The van der Waals surface area contributed by atoms with E-state index >= 15 is 0 Å². The number of fused-ring (bicyclic) bond motifs is 1. The first kappa shape index (κ1) is 15.0. The van der Waals surface area contributed by atoms with Gasteiger partial charge in [0.05, 0.1) is 5.56 Å². The summed E-state index contributed by atoms with van der Waals surface area (Å²) in [4.78, 5) is 23.5. The van der Waals surface area contributed by atoms with Crippen LogP contribution < -0.4 is 5.32 Å². The molecule has 2 heterocycles. The minimum atomic E-state index is -1.03. The monoisotopic (exact) mass is 290 g/mol. The Hall–Kier alpha value is -2.44. The third kappa shape index (κ3) is 3.01. The lowest BCUT2D eigenvalue weighted by molar-refractivity contribution is -0.140. The number of aryl methyl sites for hydroxylation is 1. The number of amides is 1. The fraction of sp³-hybridized carbons (Fsp3) is 0.429. The van der Waals surface area contributed by atoms with Gasteiger partial charge in [-0.2, -0.15) is 0 Å². The summed E-state index contributed by atoms with van der Waals surface area (Å²) >= 11 is 0. The Morgan fingerprint density at radius 3 is 2.71 bits per heavy atom. The molecule has 2 aromatic rings. The summed E-state index contributed by atoms with van der Waals surface area (Å²) in [5.41, 5.74) is 1.01. The highest BCUT2D eigenvalue weighted by Crippen LogP contribution is 2.11. The van der Waals surface area contributed by atoms with E-state index in [-0.39, 0.29) is 5.92 Å². The maximum Gasteiger partial charge on any atom is 0.326 e. The van der Waals surface area contributed by atoms with E-state index in [9.17, 15) is 14.7 Å². The fourth-order valence-corrected chi connectivity index (χ4v) is 2.05. The van der Waals surface area contributed by atoms with Gasteiger partial charge in [-0.05, 0) is 25.0 Å². The molecule has 2 rings (SSSR count). The number of nitrogens with one attached hydrogen (secondary N) is 1. The third-order valence-electron chi connectivity index (χ3n) is 3.60. The van der Waals surface area contributed by atoms with E-state index in [1.165, 1.54) is 0 Å². The predicted octanol–water partition coefficient (Wildman–Crippen LogP) is 1.27. The topological polar surface area (TPSA) is 96.6 Å². The van der Waals surface area contributed by atoms with Crippen LogP contribution in [0.3, 0.4) is 0 Å². The highest BCUT2D eigenvalue weighted by Gasteiger charge is 2.25. The second-order valence-electron chi connectivity index (χ2n) is 5.07. The van der Waals surface area contributed by atoms with Gasteiger partial charge in [0.15, 0.2) is 5.65 Å². The molecule has 0 aromatic carbocycles. The summed E-state index contributed by atoms with van der Waals surface area (Å²) in [5, 5.41) is 19.6. The number of hydrogen-bond donors (Lipinski definition) is 2. The van der Waals surface area contributed by atoms with Crippen molar-refractivity contribution in [3.05, 3.63) is 29.7 Å². The first-order chi connectivity index (χ1) is 9.93. The SMILES string of the molecule is CCC(C)C(NC(=O)c1ccc2nnc(C)n2c1)C(=O)O.